The SMILES string of the molecule is CCCNCc1cnn(-c2nc3ccccc3[nH]2)c1C. The highest BCUT2D eigenvalue weighted by Crippen LogP contribution is 2.16. The first kappa shape index (κ1) is 12.9. The molecule has 0 bridgehead atoms. The van der Waals surface area contributed by atoms with Crippen molar-refractivity contribution in [3.8, 4) is 5.95 Å². The number of imidazole rings is 1. The number of fused-ring (bicyclic) bond motifs is 1. The smallest absolute Gasteiger partial charge is 0.229 e. The van der Waals surface area contributed by atoms with Crippen molar-refractivity contribution in [2.45, 2.75) is 26.8 Å². The Labute approximate surface area is 118 Å². The summed E-state index contributed by atoms with van der Waals surface area (Å²) in [6.45, 7) is 6.11. The highest BCUT2D eigenvalue weighted by atomic mass is 15.4. The summed E-state index contributed by atoms with van der Waals surface area (Å²) in [6, 6.07) is 8.01. The quantitative estimate of drug-likeness (QED) is 0.700. The molecule has 0 fully saturated rings. The fourth-order valence-electron chi connectivity index (χ4n) is 2.27. The molecule has 0 saturated heterocycles. The largest absolute Gasteiger partial charge is 0.322 e. The van der Waals surface area contributed by atoms with Gasteiger partial charge in [-0.1, -0.05) is 19.1 Å². The lowest BCUT2D eigenvalue weighted by Gasteiger charge is -2.03. The minimum atomic E-state index is 0.769. The Kier molecular flexibility index (Phi) is 3.52. The number of hydrogen-bond donors (Lipinski definition) is 2. The van der Waals surface area contributed by atoms with Gasteiger partial charge in [-0.2, -0.15) is 5.10 Å². The molecule has 2 N–H and O–H groups in total. The predicted molar refractivity (Wildman–Crippen MR) is 80.0 cm³/mol. The van der Waals surface area contributed by atoms with Crippen LogP contribution in [-0.2, 0) is 6.54 Å². The second kappa shape index (κ2) is 5.46. The Hall–Kier alpha value is -2.14. The Balaban J connectivity index is 1.90. The molecule has 0 aliphatic carbocycles. The van der Waals surface area contributed by atoms with E-state index in [2.05, 4.69) is 34.2 Å². The van der Waals surface area contributed by atoms with Gasteiger partial charge in [0.05, 0.1) is 17.2 Å². The first-order valence-corrected chi connectivity index (χ1v) is 6.99. The van der Waals surface area contributed by atoms with Gasteiger partial charge in [-0.05, 0) is 32.0 Å². The molecule has 2 heterocycles. The number of nitrogens with zero attached hydrogens (tertiary/aromatic N) is 3. The molecule has 1 aromatic carbocycles. The Bertz CT molecular complexity index is 677. The average Bonchev–Trinajstić information content (AvgIpc) is 3.03. The van der Waals surface area contributed by atoms with E-state index in [1.165, 1.54) is 5.56 Å². The van der Waals surface area contributed by atoms with Crippen molar-refractivity contribution in [3.05, 3.63) is 41.7 Å². The minimum absolute atomic E-state index is 0.769. The standard InChI is InChI=1S/C15H19N5/c1-3-8-16-9-12-10-17-20(11(12)2)15-18-13-6-4-5-7-14(13)19-15/h4-7,10,16H,3,8-9H2,1-2H3,(H,18,19). The first-order valence-electron chi connectivity index (χ1n) is 6.99. The van der Waals surface area contributed by atoms with Crippen molar-refractivity contribution in [1.82, 2.24) is 25.1 Å². The van der Waals surface area contributed by atoms with E-state index in [1.807, 2.05) is 35.1 Å². The van der Waals surface area contributed by atoms with E-state index < -0.39 is 0 Å². The summed E-state index contributed by atoms with van der Waals surface area (Å²) in [7, 11) is 0. The molecule has 0 amide bonds. The van der Waals surface area contributed by atoms with Gasteiger partial charge in [0, 0.05) is 17.8 Å². The van der Waals surface area contributed by atoms with Crippen molar-refractivity contribution in [3.63, 3.8) is 0 Å². The van der Waals surface area contributed by atoms with Crippen molar-refractivity contribution < 1.29 is 0 Å². The summed E-state index contributed by atoms with van der Waals surface area (Å²) in [5.74, 6) is 0.769. The maximum absolute atomic E-state index is 4.58. The lowest BCUT2D eigenvalue weighted by atomic mass is 10.2. The van der Waals surface area contributed by atoms with Crippen molar-refractivity contribution >= 4 is 11.0 Å². The number of H-pyrrole nitrogens is 1. The van der Waals surface area contributed by atoms with E-state index in [-0.39, 0.29) is 0 Å². The monoisotopic (exact) mass is 269 g/mol. The maximum Gasteiger partial charge on any atom is 0.229 e. The van der Waals surface area contributed by atoms with Gasteiger partial charge in [0.1, 0.15) is 0 Å². The summed E-state index contributed by atoms with van der Waals surface area (Å²) in [5.41, 5.74) is 4.32. The molecule has 0 aliphatic heterocycles. The summed E-state index contributed by atoms with van der Waals surface area (Å²) < 4.78 is 1.86. The van der Waals surface area contributed by atoms with Crippen LogP contribution in [0.15, 0.2) is 30.5 Å². The third-order valence-electron chi connectivity index (χ3n) is 3.43. The molecular weight excluding hydrogens is 250 g/mol. The van der Waals surface area contributed by atoms with Crippen LogP contribution >= 0.6 is 0 Å². The van der Waals surface area contributed by atoms with Crippen LogP contribution in [0.5, 0.6) is 0 Å². The van der Waals surface area contributed by atoms with Crippen molar-refractivity contribution in [2.24, 2.45) is 0 Å². The average molecular weight is 269 g/mol. The topological polar surface area (TPSA) is 58.5 Å². The molecule has 0 saturated carbocycles. The molecule has 0 spiro atoms. The Morgan fingerprint density at radius 2 is 2.15 bits per heavy atom. The Morgan fingerprint density at radius 3 is 2.95 bits per heavy atom. The van der Waals surface area contributed by atoms with Gasteiger partial charge in [0.2, 0.25) is 5.95 Å². The van der Waals surface area contributed by atoms with E-state index in [0.717, 1.165) is 42.2 Å². The van der Waals surface area contributed by atoms with Gasteiger partial charge < -0.3 is 10.3 Å². The molecule has 104 valence electrons. The molecule has 0 aliphatic rings. The van der Waals surface area contributed by atoms with Crippen LogP contribution in [-0.4, -0.2) is 26.3 Å². The second-order valence-electron chi connectivity index (χ2n) is 4.92. The molecule has 20 heavy (non-hydrogen) atoms. The number of para-hydroxylation sites is 2. The lowest BCUT2D eigenvalue weighted by Crippen LogP contribution is -2.14. The molecule has 2 aromatic heterocycles. The molecule has 0 unspecified atom stereocenters. The van der Waals surface area contributed by atoms with Crippen LogP contribution in [0.25, 0.3) is 17.0 Å². The van der Waals surface area contributed by atoms with Crippen molar-refractivity contribution in [1.29, 1.82) is 0 Å². The molecular formula is C15H19N5. The van der Waals surface area contributed by atoms with Gasteiger partial charge in [-0.15, -0.1) is 0 Å². The third kappa shape index (κ3) is 2.32. The number of rotatable bonds is 5. The molecule has 3 rings (SSSR count). The summed E-state index contributed by atoms with van der Waals surface area (Å²) >= 11 is 0. The van der Waals surface area contributed by atoms with Crippen LogP contribution < -0.4 is 5.32 Å². The van der Waals surface area contributed by atoms with Crippen LogP contribution in [0.3, 0.4) is 0 Å². The molecule has 5 nitrogen and oxygen atoms in total. The molecule has 0 atom stereocenters. The van der Waals surface area contributed by atoms with E-state index in [4.69, 9.17) is 0 Å². The van der Waals surface area contributed by atoms with Gasteiger partial charge in [0.25, 0.3) is 0 Å². The van der Waals surface area contributed by atoms with Crippen LogP contribution in [0.1, 0.15) is 24.6 Å². The van der Waals surface area contributed by atoms with E-state index >= 15 is 0 Å². The number of hydrogen-bond acceptors (Lipinski definition) is 3. The van der Waals surface area contributed by atoms with E-state index in [0.29, 0.717) is 0 Å². The van der Waals surface area contributed by atoms with Gasteiger partial charge in [-0.3, -0.25) is 0 Å². The molecule has 3 aromatic rings. The molecule has 5 heteroatoms. The Morgan fingerprint density at radius 1 is 1.30 bits per heavy atom. The first-order chi connectivity index (χ1) is 9.79. The fourth-order valence-corrected chi connectivity index (χ4v) is 2.27. The summed E-state index contributed by atoms with van der Waals surface area (Å²) in [5, 5.41) is 7.84. The van der Waals surface area contributed by atoms with E-state index in [9.17, 15) is 0 Å². The highest BCUT2D eigenvalue weighted by molar-refractivity contribution is 5.75. The number of nitrogens with one attached hydrogen (secondary N) is 2. The van der Waals surface area contributed by atoms with Crippen molar-refractivity contribution in [2.75, 3.05) is 6.54 Å². The van der Waals surface area contributed by atoms with Gasteiger partial charge in [0.15, 0.2) is 0 Å². The van der Waals surface area contributed by atoms with Crippen LogP contribution in [0, 0.1) is 6.92 Å². The number of benzene rings is 1. The van der Waals surface area contributed by atoms with Gasteiger partial charge in [-0.25, -0.2) is 9.67 Å². The normalized spacial score (nSPS) is 11.3. The second-order valence-corrected chi connectivity index (χ2v) is 4.92. The maximum atomic E-state index is 4.58. The lowest BCUT2D eigenvalue weighted by molar-refractivity contribution is 0.672. The molecule has 0 radical (unpaired) electrons. The van der Waals surface area contributed by atoms with Crippen LogP contribution in [0.4, 0.5) is 0 Å². The zero-order valence-corrected chi connectivity index (χ0v) is 11.8. The predicted octanol–water partition coefficient (Wildman–Crippen LogP) is 2.56. The number of aromatic amines is 1. The van der Waals surface area contributed by atoms with E-state index in [1.54, 1.807) is 0 Å². The summed E-state index contributed by atoms with van der Waals surface area (Å²) in [4.78, 5) is 7.88. The van der Waals surface area contributed by atoms with Crippen LogP contribution in [0.2, 0.25) is 0 Å². The minimum Gasteiger partial charge on any atom is -0.322 e. The highest BCUT2D eigenvalue weighted by Gasteiger charge is 2.11. The zero-order valence-electron chi connectivity index (χ0n) is 11.8. The fraction of sp³-hybridized carbons (Fsp3) is 0.333. The van der Waals surface area contributed by atoms with Gasteiger partial charge >= 0.3 is 0 Å². The third-order valence-corrected chi connectivity index (χ3v) is 3.43. The summed E-state index contributed by atoms with van der Waals surface area (Å²) in [6.07, 6.45) is 3.04. The number of aromatic nitrogens is 4. The zero-order chi connectivity index (χ0) is 13.9.